The van der Waals surface area contributed by atoms with Crippen molar-refractivity contribution in [3.05, 3.63) is 11.1 Å². The fourth-order valence-electron chi connectivity index (χ4n) is 9.92. The first-order valence-corrected chi connectivity index (χ1v) is 13.9. The molecule has 0 aromatic rings. The van der Waals surface area contributed by atoms with Crippen LogP contribution >= 0.6 is 0 Å². The van der Waals surface area contributed by atoms with E-state index in [-0.39, 0.29) is 23.2 Å². The normalized spacial score (nSPS) is 55.4. The van der Waals surface area contributed by atoms with Gasteiger partial charge in [0, 0.05) is 11.8 Å². The lowest BCUT2D eigenvalue weighted by Crippen LogP contribution is -2.55. The molecule has 12 atom stereocenters. The third kappa shape index (κ3) is 2.83. The molecule has 6 aliphatic rings. The summed E-state index contributed by atoms with van der Waals surface area (Å²) in [6, 6.07) is 0. The summed E-state index contributed by atoms with van der Waals surface area (Å²) in [4.78, 5) is 0. The van der Waals surface area contributed by atoms with Crippen molar-refractivity contribution in [3.8, 4) is 0 Å². The van der Waals surface area contributed by atoms with Crippen LogP contribution in [0.5, 0.6) is 0 Å². The van der Waals surface area contributed by atoms with Gasteiger partial charge in [-0.1, -0.05) is 53.0 Å². The van der Waals surface area contributed by atoms with Crippen molar-refractivity contribution in [2.75, 3.05) is 0 Å². The van der Waals surface area contributed by atoms with Gasteiger partial charge in [-0.15, -0.1) is 0 Å². The Kier molecular flexibility index (Phi) is 4.89. The minimum absolute atomic E-state index is 0.0207. The maximum absolute atomic E-state index is 11.5. The average Bonchev–Trinajstić information content (AvgIpc) is 3.63. The highest BCUT2D eigenvalue weighted by Gasteiger charge is 2.76. The van der Waals surface area contributed by atoms with E-state index >= 15 is 0 Å². The molecule has 32 heavy (non-hydrogen) atoms. The second-order valence-corrected chi connectivity index (χ2v) is 13.7. The van der Waals surface area contributed by atoms with Gasteiger partial charge in [0.1, 0.15) is 17.8 Å². The van der Waals surface area contributed by atoms with Gasteiger partial charge in [-0.25, -0.2) is 0 Å². The van der Waals surface area contributed by atoms with E-state index in [1.807, 2.05) is 0 Å². The zero-order chi connectivity index (χ0) is 22.6. The van der Waals surface area contributed by atoms with E-state index in [1.54, 1.807) is 0 Å². The predicted molar refractivity (Wildman–Crippen MR) is 127 cm³/mol. The van der Waals surface area contributed by atoms with Crippen molar-refractivity contribution in [3.63, 3.8) is 0 Å². The number of aliphatic hydroxyl groups is 2. The summed E-state index contributed by atoms with van der Waals surface area (Å²) in [7, 11) is 0. The lowest BCUT2D eigenvalue weighted by Gasteiger charge is -2.54. The molecule has 0 bridgehead atoms. The van der Waals surface area contributed by atoms with Crippen LogP contribution in [0.15, 0.2) is 11.1 Å². The smallest absolute Gasteiger partial charge is 0.118 e. The van der Waals surface area contributed by atoms with E-state index in [2.05, 4.69) is 34.6 Å². The number of ether oxygens (including phenoxy) is 1. The van der Waals surface area contributed by atoms with E-state index in [1.165, 1.54) is 49.7 Å². The molecule has 1 saturated heterocycles. The van der Waals surface area contributed by atoms with Crippen LogP contribution < -0.4 is 0 Å². The fraction of sp³-hybridized carbons (Fsp3) is 0.931. The number of epoxide rings is 1. The number of rotatable bonds is 5. The van der Waals surface area contributed by atoms with Gasteiger partial charge in [0.05, 0.1) is 6.10 Å². The van der Waals surface area contributed by atoms with Crippen molar-refractivity contribution >= 4 is 0 Å². The Morgan fingerprint density at radius 2 is 1.75 bits per heavy atom. The van der Waals surface area contributed by atoms with Crippen LogP contribution in [0.25, 0.3) is 0 Å². The van der Waals surface area contributed by atoms with Crippen LogP contribution in [-0.2, 0) is 4.74 Å². The molecule has 180 valence electrons. The topological polar surface area (TPSA) is 53.0 Å². The van der Waals surface area contributed by atoms with E-state index in [9.17, 15) is 10.2 Å². The molecule has 1 unspecified atom stereocenters. The summed E-state index contributed by atoms with van der Waals surface area (Å²) >= 11 is 0. The highest BCUT2D eigenvalue weighted by atomic mass is 16.6. The second-order valence-electron chi connectivity index (χ2n) is 13.7. The molecule has 3 heteroatoms. The van der Waals surface area contributed by atoms with Gasteiger partial charge in [0.25, 0.3) is 0 Å². The SMILES string of the molecule is C[C@H](CC[C@@H](C)[C@H]1CCC2C3=C(CC[C@@]21C)[C@@]1(C)CC[C@H](O)C[C@@]12O[C@H]2[C@H]3O)[C@@H]1C[C@H]1C. The molecule has 1 heterocycles. The van der Waals surface area contributed by atoms with Gasteiger partial charge in [-0.3, -0.25) is 0 Å². The van der Waals surface area contributed by atoms with Crippen LogP contribution in [0.4, 0.5) is 0 Å². The molecule has 5 aliphatic carbocycles. The molecular weight excluding hydrogens is 396 g/mol. The van der Waals surface area contributed by atoms with Crippen molar-refractivity contribution < 1.29 is 14.9 Å². The minimum Gasteiger partial charge on any atom is -0.393 e. The Balaban J connectivity index is 1.24. The van der Waals surface area contributed by atoms with E-state index in [0.717, 1.165) is 48.9 Å². The van der Waals surface area contributed by atoms with E-state index in [4.69, 9.17) is 4.74 Å². The van der Waals surface area contributed by atoms with Gasteiger partial charge >= 0.3 is 0 Å². The van der Waals surface area contributed by atoms with Gasteiger partial charge in [-0.2, -0.15) is 0 Å². The Morgan fingerprint density at radius 3 is 2.47 bits per heavy atom. The molecule has 0 aromatic carbocycles. The third-order valence-corrected chi connectivity index (χ3v) is 12.2. The first-order chi connectivity index (χ1) is 15.1. The first kappa shape index (κ1) is 22.1. The van der Waals surface area contributed by atoms with Crippen molar-refractivity contribution in [2.24, 2.45) is 46.3 Å². The van der Waals surface area contributed by atoms with Crippen LogP contribution in [0, 0.1) is 46.3 Å². The molecule has 1 spiro atoms. The van der Waals surface area contributed by atoms with Crippen LogP contribution in [0.2, 0.25) is 0 Å². The summed E-state index contributed by atoms with van der Waals surface area (Å²) in [6.07, 6.45) is 11.0. The molecule has 0 amide bonds. The number of hydrogen-bond donors (Lipinski definition) is 2. The zero-order valence-corrected chi connectivity index (χ0v) is 21.1. The summed E-state index contributed by atoms with van der Waals surface area (Å²) in [5.74, 6) is 4.93. The van der Waals surface area contributed by atoms with Crippen LogP contribution in [0.3, 0.4) is 0 Å². The molecule has 0 aromatic heterocycles. The van der Waals surface area contributed by atoms with E-state index in [0.29, 0.717) is 17.8 Å². The molecule has 3 saturated carbocycles. The number of fused-ring (bicyclic) bond motifs is 3. The van der Waals surface area contributed by atoms with Crippen LogP contribution in [0.1, 0.15) is 98.8 Å². The van der Waals surface area contributed by atoms with Crippen molar-refractivity contribution in [2.45, 2.75) is 123 Å². The molecule has 4 fully saturated rings. The highest BCUT2D eigenvalue weighted by molar-refractivity contribution is 5.45. The van der Waals surface area contributed by atoms with E-state index < -0.39 is 6.10 Å². The lowest BCUT2D eigenvalue weighted by molar-refractivity contribution is -0.00164. The highest BCUT2D eigenvalue weighted by Crippen LogP contribution is 2.72. The molecule has 2 N–H and O–H groups in total. The third-order valence-electron chi connectivity index (χ3n) is 12.2. The van der Waals surface area contributed by atoms with Crippen molar-refractivity contribution in [1.82, 2.24) is 0 Å². The van der Waals surface area contributed by atoms with Gasteiger partial charge in [0.2, 0.25) is 0 Å². The molecule has 0 radical (unpaired) electrons. The standard InChI is InChI=1S/C29H46O3/c1-16(20-14-18(20)3)6-7-17(2)21-8-9-22-24-23(11-12-27(21,22)4)28(5)13-10-19(30)15-29(28)26(32-29)25(24)31/h16-22,25-26,30-31H,6-15H2,1-5H3/t16-,17-,18-,19+,20+,21-,22?,25+,26+,27-,28-,29+/m1/s1. The fourth-order valence-corrected chi connectivity index (χ4v) is 9.92. The molecular formula is C29H46O3. The Bertz CT molecular complexity index is 819. The quantitative estimate of drug-likeness (QED) is 0.413. The largest absolute Gasteiger partial charge is 0.393 e. The van der Waals surface area contributed by atoms with Crippen molar-refractivity contribution in [1.29, 1.82) is 0 Å². The Labute approximate surface area is 195 Å². The summed E-state index contributed by atoms with van der Waals surface area (Å²) in [6.45, 7) is 12.4. The summed E-state index contributed by atoms with van der Waals surface area (Å²) in [5, 5.41) is 21.9. The summed E-state index contributed by atoms with van der Waals surface area (Å²) in [5.41, 5.74) is 2.99. The Hall–Kier alpha value is -0.380. The minimum atomic E-state index is -0.446. The summed E-state index contributed by atoms with van der Waals surface area (Å²) < 4.78 is 6.35. The lowest BCUT2D eigenvalue weighted by atomic mass is 9.49. The number of hydrogen-bond acceptors (Lipinski definition) is 3. The second kappa shape index (κ2) is 7.08. The average molecular weight is 443 g/mol. The number of aliphatic hydroxyl groups excluding tert-OH is 2. The van der Waals surface area contributed by atoms with Gasteiger partial charge < -0.3 is 14.9 Å². The molecule has 6 rings (SSSR count). The molecule has 3 nitrogen and oxygen atoms in total. The molecule has 1 aliphatic heterocycles. The maximum Gasteiger partial charge on any atom is 0.118 e. The monoisotopic (exact) mass is 442 g/mol. The van der Waals surface area contributed by atoms with Gasteiger partial charge in [-0.05, 0) is 91.4 Å². The predicted octanol–water partition coefficient (Wildman–Crippen LogP) is 5.88. The zero-order valence-electron chi connectivity index (χ0n) is 21.1. The first-order valence-electron chi connectivity index (χ1n) is 13.9. The maximum atomic E-state index is 11.5. The van der Waals surface area contributed by atoms with Gasteiger partial charge in [0.15, 0.2) is 0 Å². The Morgan fingerprint density at radius 1 is 1.03 bits per heavy atom. The van der Waals surface area contributed by atoms with Crippen LogP contribution in [-0.4, -0.2) is 34.1 Å².